The molecule has 152 valence electrons. The number of fused-ring (bicyclic) bond motifs is 3. The number of para-hydroxylation sites is 1. The van der Waals surface area contributed by atoms with E-state index in [0.717, 1.165) is 44.5 Å². The molecule has 4 rings (SSSR count). The number of carbonyl (C=O) groups excluding carboxylic acids is 1. The first-order valence-corrected chi connectivity index (χ1v) is 9.67. The minimum Gasteiger partial charge on any atom is -0.495 e. The predicted molar refractivity (Wildman–Crippen MR) is 120 cm³/mol. The van der Waals surface area contributed by atoms with Gasteiger partial charge in [-0.1, -0.05) is 42.0 Å². The van der Waals surface area contributed by atoms with Crippen LogP contribution in [0.1, 0.15) is 22.8 Å². The van der Waals surface area contributed by atoms with Crippen LogP contribution in [0.2, 0.25) is 0 Å². The Morgan fingerprint density at radius 2 is 1.77 bits per heavy atom. The van der Waals surface area contributed by atoms with Gasteiger partial charge < -0.3 is 19.2 Å². The Kier molecular flexibility index (Phi) is 5.44. The van der Waals surface area contributed by atoms with Crippen molar-refractivity contribution in [3.63, 3.8) is 0 Å². The lowest BCUT2D eigenvalue weighted by molar-refractivity contribution is 0.0600. The fraction of sp³-hybridized carbons (Fsp3) is 0.160. The van der Waals surface area contributed by atoms with E-state index >= 15 is 0 Å². The van der Waals surface area contributed by atoms with Crippen LogP contribution in [-0.4, -0.2) is 26.7 Å². The average molecular weight is 401 g/mol. The second-order valence-electron chi connectivity index (χ2n) is 7.10. The van der Waals surface area contributed by atoms with Crippen molar-refractivity contribution in [2.45, 2.75) is 6.92 Å². The molecular weight excluding hydrogens is 378 g/mol. The molecule has 0 fully saturated rings. The highest BCUT2D eigenvalue weighted by Crippen LogP contribution is 2.36. The van der Waals surface area contributed by atoms with Crippen molar-refractivity contribution in [3.8, 4) is 5.75 Å². The summed E-state index contributed by atoms with van der Waals surface area (Å²) in [5.41, 5.74) is 5.24. The van der Waals surface area contributed by atoms with Gasteiger partial charge in [-0.05, 0) is 36.8 Å². The van der Waals surface area contributed by atoms with Crippen LogP contribution < -0.4 is 10.1 Å². The lowest BCUT2D eigenvalue weighted by Gasteiger charge is -2.12. The summed E-state index contributed by atoms with van der Waals surface area (Å²) in [6.07, 6.45) is 2.07. The summed E-state index contributed by atoms with van der Waals surface area (Å²) in [5.74, 6) is 0.432. The fourth-order valence-corrected chi connectivity index (χ4v) is 3.46. The summed E-state index contributed by atoms with van der Waals surface area (Å²) in [5, 5.41) is 5.54. The molecule has 1 aromatic heterocycles. The Bertz CT molecular complexity index is 1240. The highest BCUT2D eigenvalue weighted by Gasteiger charge is 2.12. The Labute approximate surface area is 174 Å². The molecule has 0 aliphatic heterocycles. The number of hydrogen-bond donors (Lipinski definition) is 1. The first-order valence-electron chi connectivity index (χ1n) is 9.67. The summed E-state index contributed by atoms with van der Waals surface area (Å²) in [6, 6.07) is 19.3. The first kappa shape index (κ1) is 19.6. The monoisotopic (exact) mass is 401 g/mol. The highest BCUT2D eigenvalue weighted by molar-refractivity contribution is 6.06. The summed E-state index contributed by atoms with van der Waals surface area (Å²) in [4.78, 5) is 11.5. The summed E-state index contributed by atoms with van der Waals surface area (Å²) in [6.45, 7) is 2.69. The van der Waals surface area contributed by atoms with E-state index in [9.17, 15) is 4.79 Å². The number of methoxy groups -OCH3 is 2. The molecule has 5 heteroatoms. The molecule has 0 radical (unpaired) electrons. The molecule has 0 saturated carbocycles. The van der Waals surface area contributed by atoms with E-state index in [-0.39, 0.29) is 5.97 Å². The molecule has 30 heavy (non-hydrogen) atoms. The van der Waals surface area contributed by atoms with Gasteiger partial charge in [-0.25, -0.2) is 4.79 Å². The highest BCUT2D eigenvalue weighted by atomic mass is 16.5. The topological polar surface area (TPSA) is 60.7 Å². The molecular formula is C25H23NO4. The van der Waals surface area contributed by atoms with Crippen LogP contribution in [-0.2, 0) is 4.74 Å². The van der Waals surface area contributed by atoms with Gasteiger partial charge >= 0.3 is 5.97 Å². The number of anilines is 1. The maximum Gasteiger partial charge on any atom is 0.337 e. The zero-order valence-corrected chi connectivity index (χ0v) is 17.2. The molecule has 1 N–H and O–H groups in total. The lowest BCUT2D eigenvalue weighted by Crippen LogP contribution is -2.04. The van der Waals surface area contributed by atoms with E-state index in [1.807, 2.05) is 55.5 Å². The molecule has 0 atom stereocenters. The van der Waals surface area contributed by atoms with Crippen LogP contribution in [0, 0.1) is 0 Å². The predicted octanol–water partition coefficient (Wildman–Crippen LogP) is 5.90. The summed E-state index contributed by atoms with van der Waals surface area (Å²) < 4.78 is 16.3. The Morgan fingerprint density at radius 1 is 1.00 bits per heavy atom. The van der Waals surface area contributed by atoms with Crippen molar-refractivity contribution in [1.82, 2.24) is 0 Å². The maximum absolute atomic E-state index is 11.5. The van der Waals surface area contributed by atoms with E-state index in [0.29, 0.717) is 12.1 Å². The molecule has 1 heterocycles. The average Bonchev–Trinajstić information content (AvgIpc) is 3.14. The van der Waals surface area contributed by atoms with Gasteiger partial charge in [0.15, 0.2) is 0 Å². The molecule has 0 bridgehead atoms. The minimum atomic E-state index is -0.336. The van der Waals surface area contributed by atoms with Crippen molar-refractivity contribution in [2.24, 2.45) is 0 Å². The zero-order valence-electron chi connectivity index (χ0n) is 17.2. The van der Waals surface area contributed by atoms with E-state index < -0.39 is 0 Å². The van der Waals surface area contributed by atoms with Gasteiger partial charge in [0.05, 0.1) is 25.5 Å². The minimum absolute atomic E-state index is 0.336. The van der Waals surface area contributed by atoms with Gasteiger partial charge in [0.25, 0.3) is 0 Å². The van der Waals surface area contributed by atoms with Crippen LogP contribution in [0.5, 0.6) is 5.75 Å². The number of nitrogens with one attached hydrogen (secondary N) is 1. The van der Waals surface area contributed by atoms with Crippen molar-refractivity contribution in [2.75, 3.05) is 26.1 Å². The molecule has 0 saturated heterocycles. The first-order chi connectivity index (χ1) is 14.6. The molecule has 0 aliphatic rings. The van der Waals surface area contributed by atoms with Crippen molar-refractivity contribution >= 4 is 39.7 Å². The number of furan rings is 1. The van der Waals surface area contributed by atoms with Crippen molar-refractivity contribution in [1.29, 1.82) is 0 Å². The van der Waals surface area contributed by atoms with Crippen molar-refractivity contribution < 1.29 is 18.7 Å². The molecule has 5 nitrogen and oxygen atoms in total. The van der Waals surface area contributed by atoms with Crippen molar-refractivity contribution in [3.05, 3.63) is 77.4 Å². The Balaban J connectivity index is 1.54. The molecule has 3 aromatic carbocycles. The second kappa shape index (κ2) is 8.33. The Morgan fingerprint density at radius 3 is 2.50 bits per heavy atom. The van der Waals surface area contributed by atoms with E-state index in [1.54, 1.807) is 19.2 Å². The summed E-state index contributed by atoms with van der Waals surface area (Å²) in [7, 11) is 3.04. The second-order valence-corrected chi connectivity index (χ2v) is 7.10. The fourth-order valence-electron chi connectivity index (χ4n) is 3.46. The van der Waals surface area contributed by atoms with Gasteiger partial charge in [-0.3, -0.25) is 0 Å². The quantitative estimate of drug-likeness (QED) is 0.408. The third-order valence-corrected chi connectivity index (χ3v) is 5.00. The molecule has 4 aromatic rings. The van der Waals surface area contributed by atoms with E-state index in [2.05, 4.69) is 11.4 Å². The molecule has 0 unspecified atom stereocenters. The molecule has 0 spiro atoms. The standard InChI is InChI=1S/C25H23NO4/c1-16(12-17-8-10-18(11-9-17)25(27)29-3)15-26-21-14-23-20(13-24(21)28-2)19-6-4-5-7-22(19)30-23/h4-14,26H,15H2,1-3H3. The van der Waals surface area contributed by atoms with Crippen LogP contribution >= 0.6 is 0 Å². The normalized spacial score (nSPS) is 11.6. The number of rotatable bonds is 6. The SMILES string of the molecule is COC(=O)c1ccc(C=C(C)CNc2cc3oc4ccccc4c3cc2OC)cc1. The molecule has 0 aliphatic carbocycles. The third kappa shape index (κ3) is 3.87. The Hall–Kier alpha value is -3.73. The van der Waals surface area contributed by atoms with Gasteiger partial charge in [0, 0.05) is 23.4 Å². The van der Waals surface area contributed by atoms with E-state index in [4.69, 9.17) is 13.9 Å². The maximum atomic E-state index is 11.5. The number of esters is 1. The van der Waals surface area contributed by atoms with Gasteiger partial charge in [0.1, 0.15) is 16.9 Å². The van der Waals surface area contributed by atoms with Crippen LogP contribution in [0.15, 0.2) is 70.7 Å². The lowest BCUT2D eigenvalue weighted by atomic mass is 10.1. The van der Waals surface area contributed by atoms with Crippen LogP contribution in [0.25, 0.3) is 28.0 Å². The van der Waals surface area contributed by atoms with Crippen LogP contribution in [0.3, 0.4) is 0 Å². The number of ether oxygens (including phenoxy) is 2. The molecule has 0 amide bonds. The van der Waals surface area contributed by atoms with E-state index in [1.165, 1.54) is 7.11 Å². The van der Waals surface area contributed by atoms with Gasteiger partial charge in [-0.2, -0.15) is 0 Å². The van der Waals surface area contributed by atoms with Gasteiger partial charge in [0.2, 0.25) is 0 Å². The number of benzene rings is 3. The van der Waals surface area contributed by atoms with Crippen LogP contribution in [0.4, 0.5) is 5.69 Å². The largest absolute Gasteiger partial charge is 0.495 e. The van der Waals surface area contributed by atoms with Gasteiger partial charge in [-0.15, -0.1) is 0 Å². The number of hydrogen-bond acceptors (Lipinski definition) is 5. The zero-order chi connectivity index (χ0) is 21.1. The summed E-state index contributed by atoms with van der Waals surface area (Å²) >= 11 is 0. The smallest absolute Gasteiger partial charge is 0.337 e. The number of carbonyl (C=O) groups is 1. The third-order valence-electron chi connectivity index (χ3n) is 5.00.